The largest absolute Gasteiger partial charge is 0.399 e. The van der Waals surface area contributed by atoms with Crippen LogP contribution in [0.1, 0.15) is 38.2 Å². The summed E-state index contributed by atoms with van der Waals surface area (Å²) < 4.78 is 12.3. The number of hydrogen-bond donors (Lipinski definition) is 2. The van der Waals surface area contributed by atoms with Gasteiger partial charge in [-0.1, -0.05) is 19.8 Å². The van der Waals surface area contributed by atoms with E-state index in [2.05, 4.69) is 12.2 Å². The lowest BCUT2D eigenvalue weighted by Crippen LogP contribution is -2.29. The number of hydrogen-bond acceptors (Lipinski definition) is 3. The summed E-state index contributed by atoms with van der Waals surface area (Å²) in [7, 11) is -1.08. The van der Waals surface area contributed by atoms with Crippen molar-refractivity contribution in [3.63, 3.8) is 0 Å². The third-order valence-corrected chi connectivity index (χ3v) is 5.78. The van der Waals surface area contributed by atoms with Gasteiger partial charge in [0.15, 0.2) is 0 Å². The first-order valence-corrected chi connectivity index (χ1v) is 8.87. The lowest BCUT2D eigenvalue weighted by atomic mass is 9.91. The third kappa shape index (κ3) is 4.56. The van der Waals surface area contributed by atoms with Gasteiger partial charge in [-0.05, 0) is 49.4 Å². The molecule has 1 amide bonds. The van der Waals surface area contributed by atoms with Crippen molar-refractivity contribution in [2.75, 3.05) is 16.8 Å². The fourth-order valence-electron chi connectivity index (χ4n) is 2.88. The second kappa shape index (κ2) is 7.07. The van der Waals surface area contributed by atoms with E-state index in [-0.39, 0.29) is 16.9 Å². The van der Waals surface area contributed by atoms with Gasteiger partial charge in [-0.2, -0.15) is 0 Å². The molecule has 4 nitrogen and oxygen atoms in total. The predicted molar refractivity (Wildman–Crippen MR) is 88.7 cm³/mol. The van der Waals surface area contributed by atoms with Crippen molar-refractivity contribution >= 4 is 28.1 Å². The molecule has 3 atom stereocenters. The third-order valence-electron chi connectivity index (χ3n) is 4.06. The fourth-order valence-corrected chi connectivity index (χ4v) is 4.42. The summed E-state index contributed by atoms with van der Waals surface area (Å²) in [4.78, 5) is 12.0. The van der Waals surface area contributed by atoms with Gasteiger partial charge >= 0.3 is 0 Å². The van der Waals surface area contributed by atoms with Crippen LogP contribution < -0.4 is 11.1 Å². The highest BCUT2D eigenvalue weighted by atomic mass is 32.2. The van der Waals surface area contributed by atoms with Gasteiger partial charge < -0.3 is 11.1 Å². The van der Waals surface area contributed by atoms with E-state index >= 15 is 0 Å². The molecule has 0 heterocycles. The number of carbonyl (C=O) groups is 1. The van der Waals surface area contributed by atoms with E-state index in [1.807, 2.05) is 13.0 Å². The molecule has 0 aromatic heterocycles. The molecule has 21 heavy (non-hydrogen) atoms. The number of rotatable bonds is 4. The highest BCUT2D eigenvalue weighted by molar-refractivity contribution is 7.86. The van der Waals surface area contributed by atoms with Crippen LogP contribution in [0.3, 0.4) is 0 Å². The molecular formula is C16H24N2O2S. The van der Waals surface area contributed by atoms with E-state index in [9.17, 15) is 9.00 Å². The van der Waals surface area contributed by atoms with Crippen molar-refractivity contribution in [3.8, 4) is 0 Å². The summed E-state index contributed by atoms with van der Waals surface area (Å²) in [6.45, 7) is 4.09. The van der Waals surface area contributed by atoms with Crippen molar-refractivity contribution in [1.82, 2.24) is 0 Å². The fraction of sp³-hybridized carbons (Fsp3) is 0.562. The van der Waals surface area contributed by atoms with E-state index in [1.165, 1.54) is 6.42 Å². The molecule has 2 rings (SSSR count). The van der Waals surface area contributed by atoms with Crippen molar-refractivity contribution in [2.45, 2.75) is 44.8 Å². The molecule has 5 heteroatoms. The van der Waals surface area contributed by atoms with Gasteiger partial charge in [0.1, 0.15) is 5.75 Å². The molecule has 0 saturated heterocycles. The minimum absolute atomic E-state index is 0.0845. The zero-order chi connectivity index (χ0) is 15.4. The van der Waals surface area contributed by atoms with E-state index in [1.54, 1.807) is 12.1 Å². The molecule has 1 aliphatic carbocycles. The summed E-state index contributed by atoms with van der Waals surface area (Å²) in [6, 6.07) is 5.35. The number of amides is 1. The van der Waals surface area contributed by atoms with Crippen molar-refractivity contribution in [1.29, 1.82) is 0 Å². The second-order valence-corrected chi connectivity index (χ2v) is 7.76. The second-order valence-electron chi connectivity index (χ2n) is 6.04. The van der Waals surface area contributed by atoms with Gasteiger partial charge in [0.2, 0.25) is 5.91 Å². The first kappa shape index (κ1) is 16.0. The van der Waals surface area contributed by atoms with Gasteiger partial charge in [-0.15, -0.1) is 0 Å². The van der Waals surface area contributed by atoms with E-state index in [0.717, 1.165) is 30.5 Å². The average Bonchev–Trinajstić information content (AvgIpc) is 2.42. The summed E-state index contributed by atoms with van der Waals surface area (Å²) in [5.74, 6) is 0.524. The van der Waals surface area contributed by atoms with Crippen LogP contribution in [-0.2, 0) is 15.6 Å². The first-order chi connectivity index (χ1) is 9.95. The molecule has 3 unspecified atom stereocenters. The Morgan fingerprint density at radius 3 is 2.86 bits per heavy atom. The number of benzene rings is 1. The Kier molecular flexibility index (Phi) is 5.39. The zero-order valence-electron chi connectivity index (χ0n) is 12.7. The van der Waals surface area contributed by atoms with Crippen LogP contribution in [-0.4, -0.2) is 21.1 Å². The highest BCUT2D eigenvalue weighted by Gasteiger charge is 2.25. The van der Waals surface area contributed by atoms with Crippen molar-refractivity contribution in [3.05, 3.63) is 23.8 Å². The van der Waals surface area contributed by atoms with Gasteiger partial charge in [0, 0.05) is 27.4 Å². The molecule has 1 fully saturated rings. The van der Waals surface area contributed by atoms with Crippen LogP contribution in [0.4, 0.5) is 11.4 Å². The van der Waals surface area contributed by atoms with Crippen LogP contribution in [0, 0.1) is 12.8 Å². The minimum Gasteiger partial charge on any atom is -0.399 e. The Morgan fingerprint density at radius 2 is 2.19 bits per heavy atom. The van der Waals surface area contributed by atoms with E-state index in [0.29, 0.717) is 11.6 Å². The Balaban J connectivity index is 1.90. The first-order valence-electron chi connectivity index (χ1n) is 7.49. The van der Waals surface area contributed by atoms with Gasteiger partial charge in [-0.3, -0.25) is 9.00 Å². The summed E-state index contributed by atoms with van der Waals surface area (Å²) in [5, 5.41) is 3.00. The molecule has 0 radical (unpaired) electrons. The SMILES string of the molecule is Cc1cc(N)ccc1NC(=O)CS(=O)C1CCCC(C)C1. The number of nitrogens with one attached hydrogen (secondary N) is 1. The number of nitrogen functional groups attached to an aromatic ring is 1. The number of carbonyl (C=O) groups excluding carboxylic acids is 1. The molecule has 0 aliphatic heterocycles. The highest BCUT2D eigenvalue weighted by Crippen LogP contribution is 2.27. The van der Waals surface area contributed by atoms with Gasteiger partial charge in [0.05, 0.1) is 0 Å². The van der Waals surface area contributed by atoms with E-state index in [4.69, 9.17) is 5.73 Å². The molecule has 1 aromatic rings. The quantitative estimate of drug-likeness (QED) is 0.840. The summed E-state index contributed by atoms with van der Waals surface area (Å²) >= 11 is 0. The number of aryl methyl sites for hydroxylation is 1. The maximum Gasteiger partial charge on any atom is 0.237 e. The maximum atomic E-state index is 12.3. The predicted octanol–water partition coefficient (Wildman–Crippen LogP) is 2.84. The van der Waals surface area contributed by atoms with Crippen LogP contribution in [0.25, 0.3) is 0 Å². The summed E-state index contributed by atoms with van der Waals surface area (Å²) in [6.07, 6.45) is 4.28. The lowest BCUT2D eigenvalue weighted by Gasteiger charge is -2.25. The zero-order valence-corrected chi connectivity index (χ0v) is 13.5. The Hall–Kier alpha value is -1.36. The molecule has 1 aromatic carbocycles. The van der Waals surface area contributed by atoms with Crippen LogP contribution >= 0.6 is 0 Å². The van der Waals surface area contributed by atoms with Crippen LogP contribution in [0.5, 0.6) is 0 Å². The smallest absolute Gasteiger partial charge is 0.237 e. The summed E-state index contributed by atoms with van der Waals surface area (Å²) in [5.41, 5.74) is 8.02. The standard InChI is InChI=1S/C16H24N2O2S/c1-11-4-3-5-14(8-11)21(20)10-16(19)18-15-7-6-13(17)9-12(15)2/h6-7,9,11,14H,3-5,8,10,17H2,1-2H3,(H,18,19). The van der Waals surface area contributed by atoms with Gasteiger partial charge in [-0.25, -0.2) is 0 Å². The lowest BCUT2D eigenvalue weighted by molar-refractivity contribution is -0.113. The molecule has 116 valence electrons. The number of anilines is 2. The Labute approximate surface area is 129 Å². The van der Waals surface area contributed by atoms with Gasteiger partial charge in [0.25, 0.3) is 0 Å². The van der Waals surface area contributed by atoms with Crippen LogP contribution in [0.15, 0.2) is 18.2 Å². The molecule has 1 aliphatic rings. The maximum absolute atomic E-state index is 12.3. The van der Waals surface area contributed by atoms with Crippen LogP contribution in [0.2, 0.25) is 0 Å². The Morgan fingerprint density at radius 1 is 1.43 bits per heavy atom. The van der Waals surface area contributed by atoms with Crippen molar-refractivity contribution in [2.24, 2.45) is 5.92 Å². The molecule has 0 spiro atoms. The molecule has 0 bridgehead atoms. The molecule has 1 saturated carbocycles. The number of nitrogens with two attached hydrogens (primary N) is 1. The monoisotopic (exact) mass is 308 g/mol. The van der Waals surface area contributed by atoms with E-state index < -0.39 is 10.8 Å². The normalized spacial score (nSPS) is 23.5. The minimum atomic E-state index is -1.08. The van der Waals surface area contributed by atoms with Crippen molar-refractivity contribution < 1.29 is 9.00 Å². The topological polar surface area (TPSA) is 72.2 Å². The molecular weight excluding hydrogens is 284 g/mol. The average molecular weight is 308 g/mol. The Bertz CT molecular complexity index is 545. The molecule has 3 N–H and O–H groups in total.